The monoisotopic (exact) mass is 168 g/mol. The number of carbonyl (C=O) groups excluding carboxylic acids is 1. The summed E-state index contributed by atoms with van der Waals surface area (Å²) in [6.45, 7) is 0. The van der Waals surface area contributed by atoms with Crippen LogP contribution < -0.4 is 0 Å². The van der Waals surface area contributed by atoms with Crippen molar-refractivity contribution < 1.29 is 14.7 Å². The highest BCUT2D eigenvalue weighted by molar-refractivity contribution is 8.16. The van der Waals surface area contributed by atoms with Crippen molar-refractivity contribution in [3.8, 4) is 0 Å². The van der Waals surface area contributed by atoms with E-state index in [0.717, 1.165) is 11.8 Å². The predicted octanol–water partition coefficient (Wildman–Crippen LogP) is 1.55. The number of hydrogen-bond acceptors (Lipinski definition) is 3. The molecule has 0 rings (SSSR count). The smallest absolute Gasteiger partial charge is 0.304 e. The summed E-state index contributed by atoms with van der Waals surface area (Å²) in [6.07, 6.45) is -0.0247. The number of carbonyl (C=O) groups is 2. The normalized spacial score (nSPS) is 9.00. The van der Waals surface area contributed by atoms with Crippen molar-refractivity contribution in [1.82, 2.24) is 0 Å². The molecule has 0 fully saturated rings. The minimum Gasteiger partial charge on any atom is -0.481 e. The second-order valence-electron chi connectivity index (χ2n) is 1.23. The van der Waals surface area contributed by atoms with E-state index in [9.17, 15) is 9.59 Å². The highest BCUT2D eigenvalue weighted by atomic mass is 35.5. The highest BCUT2D eigenvalue weighted by Gasteiger charge is 1.99. The zero-order chi connectivity index (χ0) is 7.28. The summed E-state index contributed by atoms with van der Waals surface area (Å²) in [5.74, 6) is -0.669. The van der Waals surface area contributed by atoms with Gasteiger partial charge in [0.15, 0.2) is 0 Å². The molecule has 0 amide bonds. The van der Waals surface area contributed by atoms with Gasteiger partial charge in [0.1, 0.15) is 0 Å². The molecule has 0 aromatic heterocycles. The summed E-state index contributed by atoms with van der Waals surface area (Å²) in [5, 5.41) is 8.06. The van der Waals surface area contributed by atoms with E-state index in [4.69, 9.17) is 16.7 Å². The Morgan fingerprint density at radius 3 is 2.44 bits per heavy atom. The summed E-state index contributed by atoms with van der Waals surface area (Å²) in [7, 11) is 0. The lowest BCUT2D eigenvalue weighted by Crippen LogP contribution is -1.96. The van der Waals surface area contributed by atoms with Crippen molar-refractivity contribution in [2.75, 3.05) is 5.75 Å². The molecule has 0 aliphatic heterocycles. The van der Waals surface area contributed by atoms with Crippen molar-refractivity contribution in [2.45, 2.75) is 6.42 Å². The summed E-state index contributed by atoms with van der Waals surface area (Å²) in [4.78, 5) is 19.8. The van der Waals surface area contributed by atoms with Crippen LogP contribution in [0.5, 0.6) is 0 Å². The second-order valence-corrected chi connectivity index (χ2v) is 2.86. The molecule has 52 valence electrons. The average Bonchev–Trinajstić information content (AvgIpc) is 1.63. The van der Waals surface area contributed by atoms with Gasteiger partial charge in [-0.05, 0) is 11.6 Å². The van der Waals surface area contributed by atoms with Gasteiger partial charge in [0, 0.05) is 5.75 Å². The largest absolute Gasteiger partial charge is 0.481 e. The number of aliphatic carboxylic acids is 1. The molecular formula is C4H5ClO3S. The first kappa shape index (κ1) is 8.78. The van der Waals surface area contributed by atoms with Crippen LogP contribution in [0.4, 0.5) is 4.79 Å². The van der Waals surface area contributed by atoms with Crippen LogP contribution >= 0.6 is 23.4 Å². The molecule has 1 N–H and O–H groups in total. The van der Waals surface area contributed by atoms with E-state index >= 15 is 0 Å². The molecule has 0 atom stereocenters. The first-order valence-corrected chi connectivity index (χ1v) is 3.53. The number of carboxylic acids is 1. The molecule has 0 heterocycles. The van der Waals surface area contributed by atoms with Gasteiger partial charge < -0.3 is 5.11 Å². The van der Waals surface area contributed by atoms with Gasteiger partial charge in [0.2, 0.25) is 0 Å². The number of rotatable bonds is 3. The van der Waals surface area contributed by atoms with Crippen LogP contribution in [0.2, 0.25) is 0 Å². The third-order valence-corrected chi connectivity index (χ3v) is 1.49. The zero-order valence-corrected chi connectivity index (χ0v) is 6.04. The van der Waals surface area contributed by atoms with Crippen LogP contribution in [0.15, 0.2) is 0 Å². The molecule has 0 radical (unpaired) electrons. The summed E-state index contributed by atoms with van der Waals surface area (Å²) in [6, 6.07) is 0. The Labute approximate surface area is 61.4 Å². The van der Waals surface area contributed by atoms with Crippen molar-refractivity contribution in [3.05, 3.63) is 0 Å². The molecule has 0 aliphatic rings. The Bertz CT molecular complexity index is 111. The van der Waals surface area contributed by atoms with Crippen LogP contribution in [0.1, 0.15) is 6.42 Å². The van der Waals surface area contributed by atoms with Gasteiger partial charge in [-0.1, -0.05) is 11.8 Å². The Morgan fingerprint density at radius 1 is 1.56 bits per heavy atom. The maximum Gasteiger partial charge on any atom is 0.304 e. The Hall–Kier alpha value is -0.220. The Morgan fingerprint density at radius 2 is 2.11 bits per heavy atom. The Kier molecular flexibility index (Phi) is 4.53. The van der Waals surface area contributed by atoms with Gasteiger partial charge in [-0.2, -0.15) is 0 Å². The third kappa shape index (κ3) is 7.78. The molecule has 0 saturated heterocycles. The summed E-state index contributed by atoms with van der Waals surface area (Å²) in [5.41, 5.74) is 0. The fourth-order valence-electron chi connectivity index (χ4n) is 0.219. The van der Waals surface area contributed by atoms with E-state index in [1.165, 1.54) is 0 Å². The maximum atomic E-state index is 9.96. The molecule has 0 aromatic carbocycles. The quantitative estimate of drug-likeness (QED) is 0.650. The van der Waals surface area contributed by atoms with Crippen LogP contribution in [0.25, 0.3) is 0 Å². The number of halogens is 1. The van der Waals surface area contributed by atoms with E-state index in [1.54, 1.807) is 0 Å². The minimum absolute atomic E-state index is 0.0247. The molecule has 0 spiro atoms. The van der Waals surface area contributed by atoms with Crippen LogP contribution in [-0.4, -0.2) is 21.4 Å². The van der Waals surface area contributed by atoms with E-state index in [0.29, 0.717) is 0 Å². The highest BCUT2D eigenvalue weighted by Crippen LogP contribution is 2.07. The number of hydrogen-bond donors (Lipinski definition) is 1. The predicted molar refractivity (Wildman–Crippen MR) is 36.0 cm³/mol. The lowest BCUT2D eigenvalue weighted by Gasteiger charge is -1.88. The summed E-state index contributed by atoms with van der Waals surface area (Å²) >= 11 is 5.70. The lowest BCUT2D eigenvalue weighted by atomic mass is 10.5. The van der Waals surface area contributed by atoms with Crippen molar-refractivity contribution in [1.29, 1.82) is 0 Å². The van der Waals surface area contributed by atoms with Gasteiger partial charge in [-0.3, -0.25) is 9.59 Å². The molecule has 0 saturated carbocycles. The summed E-state index contributed by atoms with van der Waals surface area (Å²) < 4.78 is -0.559. The standard InChI is InChI=1S/C4H5ClO3S/c5-4(8)9-2-1-3(6)7/h1-2H2,(H,6,7). The van der Waals surface area contributed by atoms with Gasteiger partial charge in [0.05, 0.1) is 6.42 Å². The van der Waals surface area contributed by atoms with Gasteiger partial charge in [-0.25, -0.2) is 0 Å². The molecule has 0 unspecified atom stereocenters. The molecule has 9 heavy (non-hydrogen) atoms. The first-order valence-electron chi connectivity index (χ1n) is 2.17. The van der Waals surface area contributed by atoms with E-state index in [1.807, 2.05) is 0 Å². The molecule has 3 nitrogen and oxygen atoms in total. The van der Waals surface area contributed by atoms with E-state index in [2.05, 4.69) is 0 Å². The molecular weight excluding hydrogens is 164 g/mol. The first-order chi connectivity index (χ1) is 4.13. The lowest BCUT2D eigenvalue weighted by molar-refractivity contribution is -0.136. The maximum absolute atomic E-state index is 9.96. The SMILES string of the molecule is O=C(O)CCSC(=O)Cl. The molecule has 0 bridgehead atoms. The van der Waals surface area contributed by atoms with Crippen LogP contribution in [-0.2, 0) is 4.79 Å². The number of thioether (sulfide) groups is 1. The van der Waals surface area contributed by atoms with Crippen LogP contribution in [0, 0.1) is 0 Å². The second kappa shape index (κ2) is 4.64. The van der Waals surface area contributed by atoms with Crippen molar-refractivity contribution >= 4 is 33.9 Å². The van der Waals surface area contributed by atoms with E-state index in [-0.39, 0.29) is 12.2 Å². The Balaban J connectivity index is 3.10. The fourth-order valence-corrected chi connectivity index (χ4v) is 0.887. The molecule has 5 heteroatoms. The van der Waals surface area contributed by atoms with Gasteiger partial charge in [-0.15, -0.1) is 0 Å². The van der Waals surface area contributed by atoms with Crippen molar-refractivity contribution in [2.24, 2.45) is 0 Å². The number of carboxylic acid groups (broad SMARTS) is 1. The minimum atomic E-state index is -0.916. The average molecular weight is 169 g/mol. The van der Waals surface area contributed by atoms with Gasteiger partial charge >= 0.3 is 5.97 Å². The van der Waals surface area contributed by atoms with E-state index < -0.39 is 10.5 Å². The third-order valence-electron chi connectivity index (χ3n) is 0.531. The van der Waals surface area contributed by atoms with Crippen LogP contribution in [0.3, 0.4) is 0 Å². The topological polar surface area (TPSA) is 54.4 Å². The zero-order valence-electron chi connectivity index (χ0n) is 4.46. The van der Waals surface area contributed by atoms with Crippen molar-refractivity contribution in [3.63, 3.8) is 0 Å². The molecule has 0 aromatic rings. The van der Waals surface area contributed by atoms with Gasteiger partial charge in [0.25, 0.3) is 4.57 Å². The molecule has 0 aliphatic carbocycles. The fraction of sp³-hybridized carbons (Fsp3) is 0.500.